The number of benzene rings is 1. The molecule has 1 aromatic heterocycles. The second-order valence-electron chi connectivity index (χ2n) is 5.20. The van der Waals surface area contributed by atoms with Gasteiger partial charge in [0.15, 0.2) is 5.58 Å². The lowest BCUT2D eigenvalue weighted by Gasteiger charge is -2.53. The number of fused-ring (bicyclic) bond motifs is 1. The van der Waals surface area contributed by atoms with Crippen molar-refractivity contribution in [3.63, 3.8) is 0 Å². The van der Waals surface area contributed by atoms with Gasteiger partial charge in [0.25, 0.3) is 6.01 Å². The van der Waals surface area contributed by atoms with Gasteiger partial charge in [-0.15, -0.1) is 0 Å². The highest BCUT2D eigenvalue weighted by atomic mass is 16.5. The smallest absolute Gasteiger partial charge is 0.298 e. The van der Waals surface area contributed by atoms with Gasteiger partial charge in [-0.05, 0) is 31.4 Å². The number of nitrogens with zero attached hydrogens (tertiary/aromatic N) is 2. The fraction of sp³-hybridized carbons (Fsp3) is 0.500. The van der Waals surface area contributed by atoms with Crippen molar-refractivity contribution in [3.05, 3.63) is 24.3 Å². The highest BCUT2D eigenvalue weighted by molar-refractivity contribution is 5.74. The topological polar surface area (TPSA) is 38.5 Å². The summed E-state index contributed by atoms with van der Waals surface area (Å²) in [6, 6.07) is 8.73. The summed E-state index contributed by atoms with van der Waals surface area (Å²) < 4.78 is 11.3. The lowest BCUT2D eigenvalue weighted by atomic mass is 9.78. The zero-order valence-corrected chi connectivity index (χ0v) is 10.3. The van der Waals surface area contributed by atoms with E-state index < -0.39 is 0 Å². The lowest BCUT2D eigenvalue weighted by molar-refractivity contribution is 0.0265. The maximum atomic E-state index is 5.87. The van der Waals surface area contributed by atoms with Gasteiger partial charge in [-0.2, -0.15) is 4.98 Å². The van der Waals surface area contributed by atoms with Crippen LogP contribution < -0.4 is 4.90 Å². The van der Waals surface area contributed by atoms with Gasteiger partial charge in [-0.3, -0.25) is 0 Å². The molecule has 4 heteroatoms. The molecule has 0 bridgehead atoms. The summed E-state index contributed by atoms with van der Waals surface area (Å²) in [5, 5.41) is 0. The number of rotatable bonds is 1. The predicted molar refractivity (Wildman–Crippen MR) is 68.8 cm³/mol. The molecule has 0 unspecified atom stereocenters. The van der Waals surface area contributed by atoms with E-state index in [1.807, 2.05) is 24.3 Å². The zero-order valence-electron chi connectivity index (χ0n) is 10.3. The minimum absolute atomic E-state index is 0.249. The van der Waals surface area contributed by atoms with Crippen LogP contribution >= 0.6 is 0 Å². The SMILES string of the molecule is c1ccc2oc(N3CCC34CCOCC4)nc2c1. The summed E-state index contributed by atoms with van der Waals surface area (Å²) in [5.74, 6) is 0. The van der Waals surface area contributed by atoms with Gasteiger partial charge in [0.1, 0.15) is 5.52 Å². The molecule has 0 atom stereocenters. The summed E-state index contributed by atoms with van der Waals surface area (Å²) in [6.45, 7) is 2.76. The molecule has 94 valence electrons. The van der Waals surface area contributed by atoms with Gasteiger partial charge < -0.3 is 14.1 Å². The first-order valence-electron chi connectivity index (χ1n) is 6.58. The van der Waals surface area contributed by atoms with Crippen LogP contribution in [0.15, 0.2) is 28.7 Å². The van der Waals surface area contributed by atoms with Gasteiger partial charge in [0, 0.05) is 19.8 Å². The number of para-hydroxylation sites is 2. The highest BCUT2D eigenvalue weighted by Crippen LogP contribution is 2.42. The molecule has 18 heavy (non-hydrogen) atoms. The zero-order chi connectivity index (χ0) is 12.0. The Morgan fingerprint density at radius 2 is 1.94 bits per heavy atom. The van der Waals surface area contributed by atoms with Crippen molar-refractivity contribution in [1.29, 1.82) is 0 Å². The van der Waals surface area contributed by atoms with Crippen LogP contribution in [0, 0.1) is 0 Å². The van der Waals surface area contributed by atoms with E-state index >= 15 is 0 Å². The van der Waals surface area contributed by atoms with Crippen molar-refractivity contribution < 1.29 is 9.15 Å². The van der Waals surface area contributed by atoms with Crippen LogP contribution in [0.2, 0.25) is 0 Å². The molecule has 3 heterocycles. The second-order valence-corrected chi connectivity index (χ2v) is 5.20. The Morgan fingerprint density at radius 1 is 1.11 bits per heavy atom. The summed E-state index contributed by atoms with van der Waals surface area (Å²) in [4.78, 5) is 6.93. The average molecular weight is 244 g/mol. The second kappa shape index (κ2) is 3.72. The van der Waals surface area contributed by atoms with Crippen molar-refractivity contribution in [2.45, 2.75) is 24.8 Å². The van der Waals surface area contributed by atoms with E-state index in [9.17, 15) is 0 Å². The van der Waals surface area contributed by atoms with Gasteiger partial charge in [0.2, 0.25) is 0 Å². The van der Waals surface area contributed by atoms with E-state index in [0.29, 0.717) is 0 Å². The van der Waals surface area contributed by atoms with E-state index in [1.165, 1.54) is 6.42 Å². The molecule has 1 spiro atoms. The molecular weight excluding hydrogens is 228 g/mol. The van der Waals surface area contributed by atoms with Crippen LogP contribution in [0.1, 0.15) is 19.3 Å². The van der Waals surface area contributed by atoms with E-state index in [-0.39, 0.29) is 5.54 Å². The summed E-state index contributed by atoms with van der Waals surface area (Å²) in [6.07, 6.45) is 3.41. The van der Waals surface area contributed by atoms with Crippen molar-refractivity contribution in [3.8, 4) is 0 Å². The van der Waals surface area contributed by atoms with Gasteiger partial charge in [-0.25, -0.2) is 0 Å². The molecule has 2 aliphatic heterocycles. The Hall–Kier alpha value is -1.55. The minimum Gasteiger partial charge on any atom is -0.423 e. The molecule has 1 aromatic carbocycles. The molecule has 0 aliphatic carbocycles. The fourth-order valence-electron chi connectivity index (χ4n) is 3.09. The number of aromatic nitrogens is 1. The molecule has 0 radical (unpaired) electrons. The first-order chi connectivity index (χ1) is 8.87. The minimum atomic E-state index is 0.249. The van der Waals surface area contributed by atoms with Crippen LogP contribution in [0.4, 0.5) is 6.01 Å². The first kappa shape index (κ1) is 10.4. The fourth-order valence-corrected chi connectivity index (χ4v) is 3.09. The molecule has 4 nitrogen and oxygen atoms in total. The molecule has 2 aromatic rings. The number of hydrogen-bond donors (Lipinski definition) is 0. The quantitative estimate of drug-likeness (QED) is 0.773. The van der Waals surface area contributed by atoms with E-state index in [4.69, 9.17) is 9.15 Å². The maximum absolute atomic E-state index is 5.87. The lowest BCUT2D eigenvalue weighted by Crippen LogP contribution is -2.62. The Balaban J connectivity index is 1.70. The Morgan fingerprint density at radius 3 is 2.67 bits per heavy atom. The average Bonchev–Trinajstić information content (AvgIpc) is 2.81. The summed E-state index contributed by atoms with van der Waals surface area (Å²) >= 11 is 0. The normalized spacial score (nSPS) is 22.3. The highest BCUT2D eigenvalue weighted by Gasteiger charge is 2.47. The molecule has 4 rings (SSSR count). The van der Waals surface area contributed by atoms with Gasteiger partial charge in [0.05, 0.1) is 5.54 Å². The Labute approximate surface area is 106 Å². The van der Waals surface area contributed by atoms with Crippen LogP contribution in [0.5, 0.6) is 0 Å². The van der Waals surface area contributed by atoms with E-state index in [0.717, 1.165) is 49.7 Å². The van der Waals surface area contributed by atoms with Crippen LogP contribution in [0.25, 0.3) is 11.1 Å². The first-order valence-corrected chi connectivity index (χ1v) is 6.58. The largest absolute Gasteiger partial charge is 0.423 e. The molecule has 2 saturated heterocycles. The number of anilines is 1. The number of hydrogen-bond acceptors (Lipinski definition) is 4. The Kier molecular flexibility index (Phi) is 2.14. The van der Waals surface area contributed by atoms with Crippen molar-refractivity contribution >= 4 is 17.1 Å². The van der Waals surface area contributed by atoms with E-state index in [2.05, 4.69) is 9.88 Å². The molecule has 0 amide bonds. The third kappa shape index (κ3) is 1.38. The van der Waals surface area contributed by atoms with Crippen LogP contribution in [-0.2, 0) is 4.74 Å². The Bertz CT molecular complexity index is 539. The molecular formula is C14H16N2O2. The van der Waals surface area contributed by atoms with Crippen LogP contribution in [0.3, 0.4) is 0 Å². The summed E-state index contributed by atoms with van der Waals surface area (Å²) in [7, 11) is 0. The third-order valence-electron chi connectivity index (χ3n) is 4.31. The van der Waals surface area contributed by atoms with Gasteiger partial charge in [-0.1, -0.05) is 12.1 Å². The monoisotopic (exact) mass is 244 g/mol. The van der Waals surface area contributed by atoms with Gasteiger partial charge >= 0.3 is 0 Å². The maximum Gasteiger partial charge on any atom is 0.298 e. The van der Waals surface area contributed by atoms with Crippen molar-refractivity contribution in [2.75, 3.05) is 24.7 Å². The standard InChI is InChI=1S/C14H16N2O2/c1-2-4-12-11(3-1)15-13(18-12)16-8-5-14(16)6-9-17-10-7-14/h1-4H,5-10H2. The predicted octanol–water partition coefficient (Wildman–Crippen LogP) is 2.59. The molecule has 0 N–H and O–H groups in total. The summed E-state index contributed by atoms with van der Waals surface area (Å²) in [5.41, 5.74) is 2.07. The van der Waals surface area contributed by atoms with Crippen molar-refractivity contribution in [1.82, 2.24) is 4.98 Å². The number of oxazole rings is 1. The van der Waals surface area contributed by atoms with Crippen molar-refractivity contribution in [2.24, 2.45) is 0 Å². The molecule has 0 saturated carbocycles. The van der Waals surface area contributed by atoms with E-state index in [1.54, 1.807) is 0 Å². The molecule has 2 fully saturated rings. The molecule has 2 aliphatic rings. The van der Waals surface area contributed by atoms with Crippen LogP contribution in [-0.4, -0.2) is 30.3 Å². The number of ether oxygens (including phenoxy) is 1. The third-order valence-corrected chi connectivity index (χ3v) is 4.31.